The molecule has 2 unspecified atom stereocenters. The molecule has 0 aromatic heterocycles. The van der Waals surface area contributed by atoms with Gasteiger partial charge in [0.2, 0.25) is 0 Å². The van der Waals surface area contributed by atoms with Gasteiger partial charge in [0.15, 0.2) is 0 Å². The lowest BCUT2D eigenvalue weighted by Crippen LogP contribution is -2.44. The smallest absolute Gasteiger partial charge is 0.307 e. The van der Waals surface area contributed by atoms with Gasteiger partial charge in [0.1, 0.15) is 0 Å². The minimum absolute atomic E-state index is 0.0707. The Morgan fingerprint density at radius 3 is 0.911 bits per heavy atom. The summed E-state index contributed by atoms with van der Waals surface area (Å²) in [5.74, 6) is 1.81. The lowest BCUT2D eigenvalue weighted by Gasteiger charge is -2.32. The number of hydrogen-bond donors (Lipinski definition) is 0. The van der Waals surface area contributed by atoms with Crippen molar-refractivity contribution >= 4 is 23.9 Å². The van der Waals surface area contributed by atoms with Crippen molar-refractivity contribution in [1.29, 1.82) is 0 Å². The van der Waals surface area contributed by atoms with Crippen LogP contribution < -0.4 is 0 Å². The van der Waals surface area contributed by atoms with Crippen LogP contribution in [0.15, 0.2) is 0 Å². The highest BCUT2D eigenvalue weighted by Gasteiger charge is 2.18. The molecule has 1 aliphatic heterocycles. The molecule has 0 aliphatic carbocycles. The molecule has 8 heteroatoms. The summed E-state index contributed by atoms with van der Waals surface area (Å²) < 4.78 is 14.6. The Balaban J connectivity index is 2.75. The Hall–Kier alpha value is -0.830. The highest BCUT2D eigenvalue weighted by Crippen LogP contribution is 2.24. The predicted octanol–water partition coefficient (Wildman–Crippen LogP) is 21.9. The van der Waals surface area contributed by atoms with Crippen molar-refractivity contribution < 1.29 is 19.1 Å². The van der Waals surface area contributed by atoms with Crippen molar-refractivity contribution in [2.24, 2.45) is 11.8 Å². The zero-order valence-electron chi connectivity index (χ0n) is 54.4. The quantitative estimate of drug-likeness (QED) is 0.0339. The number of rotatable bonds is 64. The van der Waals surface area contributed by atoms with E-state index < -0.39 is 0 Å². The molecule has 2 atom stereocenters. The summed E-state index contributed by atoms with van der Waals surface area (Å²) in [6, 6.07) is 0. The van der Waals surface area contributed by atoms with Crippen molar-refractivity contribution in [2.75, 3.05) is 71.8 Å². The third-order valence-corrected chi connectivity index (χ3v) is 18.9. The predicted molar refractivity (Wildman–Crippen MR) is 350 cm³/mol. The molecule has 0 bridgehead atoms. The number of unbranched alkanes of at least 4 members (excludes halogenated alkanes) is 41. The highest BCUT2D eigenvalue weighted by atomic mass is 32.2. The third-order valence-electron chi connectivity index (χ3n) is 17.7. The van der Waals surface area contributed by atoms with Crippen molar-refractivity contribution in [1.82, 2.24) is 14.1 Å². The molecular formula is C71H141N3O4S. The number of carbonyl (C=O) groups excluding carboxylic acids is 2. The standard InChI is InChI=1S/C71H141N3O4S/c1-6-10-14-18-22-26-30-32-36-40-44-48-54-68(52-46-42-38-34-28-24-20-16-12-8-3)66-77-70(75)56-59-74(79-65-51-50-58-73-63-61-72(5)62-64-73)60-57-71(76)78-67-69(53-47-43-39-35-29-25-21-17-13-9-4)55-49-45-41-37-33-31-27-23-19-15-11-7-2/h68-69H,6-67H2,1-5H3. The second-order valence-electron chi connectivity index (χ2n) is 25.5. The first-order chi connectivity index (χ1) is 38.9. The molecule has 0 radical (unpaired) electrons. The third kappa shape index (κ3) is 54.8. The maximum Gasteiger partial charge on any atom is 0.307 e. The van der Waals surface area contributed by atoms with E-state index in [1.807, 2.05) is 11.9 Å². The van der Waals surface area contributed by atoms with Gasteiger partial charge in [-0.25, -0.2) is 4.31 Å². The van der Waals surface area contributed by atoms with Gasteiger partial charge in [-0.15, -0.1) is 0 Å². The number of esters is 2. The Morgan fingerprint density at radius 2 is 0.633 bits per heavy atom. The first kappa shape index (κ1) is 76.2. The molecule has 0 saturated carbocycles. The number of likely N-dealkylation sites (N-methyl/N-ethyl adjacent to an activating group) is 1. The highest BCUT2D eigenvalue weighted by molar-refractivity contribution is 7.97. The van der Waals surface area contributed by atoms with Crippen LogP contribution in [0.3, 0.4) is 0 Å². The monoisotopic (exact) mass is 1130 g/mol. The Bertz CT molecular complexity index is 1160. The Labute approximate surface area is 499 Å². The average Bonchev–Trinajstić information content (AvgIpc) is 3.45. The summed E-state index contributed by atoms with van der Waals surface area (Å²) in [6.45, 7) is 17.4. The summed E-state index contributed by atoms with van der Waals surface area (Å²) in [7, 11) is 2.23. The minimum Gasteiger partial charge on any atom is -0.465 e. The summed E-state index contributed by atoms with van der Waals surface area (Å²) in [6.07, 6.45) is 67.9. The van der Waals surface area contributed by atoms with Gasteiger partial charge in [0.25, 0.3) is 0 Å². The Morgan fingerprint density at radius 1 is 0.367 bits per heavy atom. The van der Waals surface area contributed by atoms with Gasteiger partial charge in [-0.2, -0.15) is 0 Å². The van der Waals surface area contributed by atoms with Crippen LogP contribution in [-0.4, -0.2) is 97.9 Å². The van der Waals surface area contributed by atoms with Crippen molar-refractivity contribution in [3.63, 3.8) is 0 Å². The van der Waals surface area contributed by atoms with Crippen LogP contribution in [0.25, 0.3) is 0 Å². The van der Waals surface area contributed by atoms with Crippen molar-refractivity contribution in [2.45, 2.75) is 362 Å². The summed E-state index contributed by atoms with van der Waals surface area (Å²) in [4.78, 5) is 32.1. The maximum absolute atomic E-state index is 13.5. The zero-order chi connectivity index (χ0) is 57.0. The first-order valence-corrected chi connectivity index (χ1v) is 37.0. The summed E-state index contributed by atoms with van der Waals surface area (Å²) in [5.41, 5.74) is 0. The second-order valence-corrected chi connectivity index (χ2v) is 26.7. The van der Waals surface area contributed by atoms with Crippen LogP contribution in [0.2, 0.25) is 0 Å². The van der Waals surface area contributed by atoms with Gasteiger partial charge in [-0.1, -0.05) is 322 Å². The molecule has 79 heavy (non-hydrogen) atoms. The van der Waals surface area contributed by atoms with Crippen LogP contribution in [0.1, 0.15) is 362 Å². The molecule has 0 aromatic carbocycles. The Kier molecular flexibility index (Phi) is 59.5. The van der Waals surface area contributed by atoms with E-state index in [4.69, 9.17) is 9.47 Å². The molecule has 470 valence electrons. The van der Waals surface area contributed by atoms with Crippen LogP contribution in [0.4, 0.5) is 0 Å². The topological polar surface area (TPSA) is 62.3 Å². The van der Waals surface area contributed by atoms with Crippen LogP contribution in [0, 0.1) is 11.8 Å². The first-order valence-electron chi connectivity index (χ1n) is 36.0. The lowest BCUT2D eigenvalue weighted by atomic mass is 9.94. The van der Waals surface area contributed by atoms with Gasteiger partial charge in [-0.05, 0) is 64.0 Å². The van der Waals surface area contributed by atoms with E-state index in [1.165, 1.54) is 328 Å². The van der Waals surface area contributed by atoms with Gasteiger partial charge in [0.05, 0.1) is 26.1 Å². The normalized spacial score (nSPS) is 14.2. The molecule has 1 aliphatic rings. The van der Waals surface area contributed by atoms with Crippen molar-refractivity contribution in [3.8, 4) is 0 Å². The average molecular weight is 1130 g/mol. The molecule has 1 fully saturated rings. The van der Waals surface area contributed by atoms with E-state index in [2.05, 4.69) is 48.8 Å². The molecule has 0 spiro atoms. The van der Waals surface area contributed by atoms with Crippen molar-refractivity contribution in [3.05, 3.63) is 0 Å². The van der Waals surface area contributed by atoms with Crippen LogP contribution in [0.5, 0.6) is 0 Å². The summed E-state index contributed by atoms with van der Waals surface area (Å²) in [5, 5.41) is 0. The molecule has 1 heterocycles. The molecule has 0 amide bonds. The van der Waals surface area contributed by atoms with E-state index in [-0.39, 0.29) is 11.9 Å². The fraction of sp³-hybridized carbons (Fsp3) is 0.972. The molecule has 0 aromatic rings. The SMILES string of the molecule is CCCCCCCCCCCCCCC(CCCCCCCCCCCC)COC(=O)CCN(CCC(=O)OCC(CCCCCCCCCCCC)CCCCCCCCCCCCCC)SCCCCN1CCN(C)CC1. The van der Waals surface area contributed by atoms with E-state index in [0.29, 0.717) is 51.0 Å². The van der Waals surface area contributed by atoms with Crippen LogP contribution >= 0.6 is 11.9 Å². The molecule has 7 nitrogen and oxygen atoms in total. The van der Waals surface area contributed by atoms with E-state index in [9.17, 15) is 9.59 Å². The number of piperazine rings is 1. The molecule has 0 N–H and O–H groups in total. The molecular weight excluding hydrogens is 991 g/mol. The number of carbonyl (C=O) groups is 2. The fourth-order valence-electron chi connectivity index (χ4n) is 12.0. The summed E-state index contributed by atoms with van der Waals surface area (Å²) >= 11 is 1.83. The zero-order valence-corrected chi connectivity index (χ0v) is 55.2. The lowest BCUT2D eigenvalue weighted by molar-refractivity contribution is -0.145. The molecule has 1 saturated heterocycles. The maximum atomic E-state index is 13.5. The van der Waals surface area contributed by atoms with Gasteiger partial charge < -0.3 is 19.3 Å². The fourth-order valence-corrected chi connectivity index (χ4v) is 13.0. The number of nitrogens with zero attached hydrogens (tertiary/aromatic N) is 3. The largest absolute Gasteiger partial charge is 0.465 e. The van der Waals surface area contributed by atoms with Gasteiger partial charge >= 0.3 is 11.9 Å². The number of hydrogen-bond acceptors (Lipinski definition) is 8. The van der Waals surface area contributed by atoms with Crippen LogP contribution in [-0.2, 0) is 19.1 Å². The van der Waals surface area contributed by atoms with E-state index in [1.54, 1.807) is 0 Å². The van der Waals surface area contributed by atoms with Gasteiger partial charge in [-0.3, -0.25) is 9.59 Å². The van der Waals surface area contributed by atoms with E-state index in [0.717, 1.165) is 31.8 Å². The second kappa shape index (κ2) is 61.7. The minimum atomic E-state index is -0.0707. The molecule has 1 rings (SSSR count). The number of ether oxygens (including phenoxy) is 2. The van der Waals surface area contributed by atoms with Gasteiger partial charge in [0, 0.05) is 45.0 Å². The van der Waals surface area contributed by atoms with E-state index >= 15 is 0 Å².